The quantitative estimate of drug-likeness (QED) is 0.849. The van der Waals surface area contributed by atoms with Gasteiger partial charge in [-0.15, -0.1) is 0 Å². The minimum Gasteiger partial charge on any atom is -0.461 e. The summed E-state index contributed by atoms with van der Waals surface area (Å²) in [6.07, 6.45) is 0.931. The fourth-order valence-corrected chi connectivity index (χ4v) is 1.97. The van der Waals surface area contributed by atoms with Crippen molar-refractivity contribution in [3.05, 3.63) is 48.2 Å². The Morgan fingerprint density at radius 2 is 1.88 bits per heavy atom. The molecule has 2 nitrogen and oxygen atoms in total. The Balaban J connectivity index is 2.06. The van der Waals surface area contributed by atoms with Gasteiger partial charge in [0, 0.05) is 18.0 Å². The van der Waals surface area contributed by atoms with Crippen molar-refractivity contribution < 1.29 is 4.42 Å². The third kappa shape index (κ3) is 3.21. The molecule has 0 saturated carbocycles. The van der Waals surface area contributed by atoms with E-state index in [2.05, 4.69) is 37.4 Å². The van der Waals surface area contributed by atoms with E-state index in [1.54, 1.807) is 0 Å². The fraction of sp³-hybridized carbons (Fsp3) is 0.333. The van der Waals surface area contributed by atoms with Gasteiger partial charge in [0.05, 0.1) is 0 Å². The number of likely N-dealkylation sites (N-methyl/N-ethyl adjacent to an activating group) is 1. The van der Waals surface area contributed by atoms with E-state index in [1.807, 2.05) is 24.3 Å². The number of nitrogens with one attached hydrogen (secondary N) is 1. The van der Waals surface area contributed by atoms with Crippen molar-refractivity contribution in [2.24, 2.45) is 0 Å². The van der Waals surface area contributed by atoms with Gasteiger partial charge in [-0.1, -0.05) is 37.3 Å². The Morgan fingerprint density at radius 1 is 1.12 bits per heavy atom. The number of hydrogen-bond acceptors (Lipinski definition) is 2. The van der Waals surface area contributed by atoms with Crippen LogP contribution in [0.15, 0.2) is 46.9 Å². The van der Waals surface area contributed by atoms with Crippen molar-refractivity contribution in [3.63, 3.8) is 0 Å². The van der Waals surface area contributed by atoms with Crippen LogP contribution in [0.1, 0.15) is 19.6 Å². The summed E-state index contributed by atoms with van der Waals surface area (Å²) in [7, 11) is 0. The van der Waals surface area contributed by atoms with Gasteiger partial charge in [-0.3, -0.25) is 0 Å². The second-order valence-electron chi connectivity index (χ2n) is 4.29. The zero-order valence-electron chi connectivity index (χ0n) is 10.4. The van der Waals surface area contributed by atoms with Gasteiger partial charge < -0.3 is 9.73 Å². The molecule has 2 heteroatoms. The maximum atomic E-state index is 5.85. The zero-order chi connectivity index (χ0) is 12.1. The minimum absolute atomic E-state index is 0.453. The molecular formula is C15H19NO. The summed E-state index contributed by atoms with van der Waals surface area (Å²) in [5.41, 5.74) is 1.13. The Morgan fingerprint density at radius 3 is 2.59 bits per heavy atom. The van der Waals surface area contributed by atoms with Crippen LogP contribution in [0.5, 0.6) is 0 Å². The molecule has 1 heterocycles. The average molecular weight is 229 g/mol. The molecule has 2 aromatic rings. The first-order chi connectivity index (χ1) is 8.29. The highest BCUT2D eigenvalue weighted by Gasteiger charge is 2.07. The van der Waals surface area contributed by atoms with Crippen LogP contribution in [0.3, 0.4) is 0 Å². The smallest absolute Gasteiger partial charge is 0.134 e. The maximum Gasteiger partial charge on any atom is 0.134 e. The molecule has 1 unspecified atom stereocenters. The molecule has 2 rings (SSSR count). The summed E-state index contributed by atoms with van der Waals surface area (Å²) in [5.74, 6) is 1.99. The largest absolute Gasteiger partial charge is 0.461 e. The fourth-order valence-electron chi connectivity index (χ4n) is 1.97. The third-order valence-corrected chi connectivity index (χ3v) is 2.78. The summed E-state index contributed by atoms with van der Waals surface area (Å²) >= 11 is 0. The predicted octanol–water partition coefficient (Wildman–Crippen LogP) is 3.49. The normalized spacial score (nSPS) is 12.6. The molecule has 0 amide bonds. The van der Waals surface area contributed by atoms with E-state index in [-0.39, 0.29) is 0 Å². The van der Waals surface area contributed by atoms with Crippen molar-refractivity contribution in [3.8, 4) is 11.3 Å². The highest BCUT2D eigenvalue weighted by Crippen LogP contribution is 2.22. The zero-order valence-corrected chi connectivity index (χ0v) is 10.4. The number of rotatable bonds is 5. The van der Waals surface area contributed by atoms with Crippen LogP contribution in [-0.2, 0) is 6.42 Å². The van der Waals surface area contributed by atoms with Crippen molar-refractivity contribution in [1.82, 2.24) is 5.32 Å². The molecule has 0 aliphatic heterocycles. The molecule has 1 aromatic carbocycles. The number of benzene rings is 1. The van der Waals surface area contributed by atoms with E-state index in [1.165, 1.54) is 0 Å². The molecular weight excluding hydrogens is 210 g/mol. The molecule has 1 N–H and O–H groups in total. The lowest BCUT2D eigenvalue weighted by Crippen LogP contribution is -2.27. The van der Waals surface area contributed by atoms with E-state index in [9.17, 15) is 0 Å². The summed E-state index contributed by atoms with van der Waals surface area (Å²) in [5, 5.41) is 3.38. The Hall–Kier alpha value is -1.54. The van der Waals surface area contributed by atoms with E-state index >= 15 is 0 Å². The first kappa shape index (κ1) is 11.9. The van der Waals surface area contributed by atoms with E-state index in [0.29, 0.717) is 6.04 Å². The van der Waals surface area contributed by atoms with Crippen molar-refractivity contribution in [2.75, 3.05) is 6.54 Å². The molecule has 0 aliphatic carbocycles. The molecule has 0 aliphatic rings. The van der Waals surface area contributed by atoms with Gasteiger partial charge in [-0.05, 0) is 25.6 Å². The van der Waals surface area contributed by atoms with Crippen LogP contribution in [0.25, 0.3) is 11.3 Å². The van der Waals surface area contributed by atoms with Crippen LogP contribution in [0.2, 0.25) is 0 Å². The van der Waals surface area contributed by atoms with Gasteiger partial charge in [0.2, 0.25) is 0 Å². The molecule has 0 spiro atoms. The second-order valence-corrected chi connectivity index (χ2v) is 4.29. The topological polar surface area (TPSA) is 25.2 Å². The van der Waals surface area contributed by atoms with Crippen LogP contribution < -0.4 is 5.32 Å². The summed E-state index contributed by atoms with van der Waals surface area (Å²) in [6.45, 7) is 5.29. The van der Waals surface area contributed by atoms with Crippen LogP contribution in [0.4, 0.5) is 0 Å². The van der Waals surface area contributed by atoms with Gasteiger partial charge in [-0.2, -0.15) is 0 Å². The van der Waals surface area contributed by atoms with Gasteiger partial charge in [0.25, 0.3) is 0 Å². The monoisotopic (exact) mass is 229 g/mol. The van der Waals surface area contributed by atoms with Gasteiger partial charge >= 0.3 is 0 Å². The predicted molar refractivity (Wildman–Crippen MR) is 71.0 cm³/mol. The number of hydrogen-bond donors (Lipinski definition) is 1. The summed E-state index contributed by atoms with van der Waals surface area (Å²) in [6, 6.07) is 14.8. The molecule has 17 heavy (non-hydrogen) atoms. The van der Waals surface area contributed by atoms with Crippen LogP contribution >= 0.6 is 0 Å². The first-order valence-electron chi connectivity index (χ1n) is 6.17. The molecule has 1 aromatic heterocycles. The highest BCUT2D eigenvalue weighted by molar-refractivity contribution is 5.57. The Labute approximate surface area is 103 Å². The molecule has 0 radical (unpaired) electrons. The minimum atomic E-state index is 0.453. The van der Waals surface area contributed by atoms with Crippen molar-refractivity contribution in [1.29, 1.82) is 0 Å². The van der Waals surface area contributed by atoms with Crippen LogP contribution in [-0.4, -0.2) is 12.6 Å². The van der Waals surface area contributed by atoms with E-state index in [0.717, 1.165) is 30.0 Å². The first-order valence-corrected chi connectivity index (χ1v) is 6.17. The highest BCUT2D eigenvalue weighted by atomic mass is 16.3. The maximum absolute atomic E-state index is 5.85. The SMILES string of the molecule is CCNC(C)Cc1ccc(-c2ccccc2)o1. The second kappa shape index (κ2) is 5.69. The van der Waals surface area contributed by atoms with Crippen molar-refractivity contribution in [2.45, 2.75) is 26.3 Å². The Kier molecular flexibility index (Phi) is 3.99. The lowest BCUT2D eigenvalue weighted by molar-refractivity contribution is 0.470. The lowest BCUT2D eigenvalue weighted by atomic mass is 10.2. The molecule has 0 fully saturated rings. The van der Waals surface area contributed by atoms with Gasteiger partial charge in [-0.25, -0.2) is 0 Å². The van der Waals surface area contributed by atoms with E-state index in [4.69, 9.17) is 4.42 Å². The van der Waals surface area contributed by atoms with Gasteiger partial charge in [0.1, 0.15) is 11.5 Å². The van der Waals surface area contributed by atoms with Crippen LogP contribution in [0, 0.1) is 0 Å². The Bertz CT molecular complexity index is 447. The summed E-state index contributed by atoms with van der Waals surface area (Å²) < 4.78 is 5.85. The lowest BCUT2D eigenvalue weighted by Gasteiger charge is -2.09. The summed E-state index contributed by atoms with van der Waals surface area (Å²) in [4.78, 5) is 0. The standard InChI is InChI=1S/C15H19NO/c1-3-16-12(2)11-14-9-10-15(17-14)13-7-5-4-6-8-13/h4-10,12,16H,3,11H2,1-2H3. The average Bonchev–Trinajstić information content (AvgIpc) is 2.79. The molecule has 1 atom stereocenters. The molecule has 90 valence electrons. The molecule has 0 saturated heterocycles. The van der Waals surface area contributed by atoms with Gasteiger partial charge in [0.15, 0.2) is 0 Å². The third-order valence-electron chi connectivity index (χ3n) is 2.78. The van der Waals surface area contributed by atoms with Crippen molar-refractivity contribution >= 4 is 0 Å². The van der Waals surface area contributed by atoms with E-state index < -0.39 is 0 Å². The number of furan rings is 1. The molecule has 0 bridgehead atoms.